The summed E-state index contributed by atoms with van der Waals surface area (Å²) in [5.41, 5.74) is 7.53. The van der Waals surface area contributed by atoms with Gasteiger partial charge in [0.2, 0.25) is 10.0 Å². The molecule has 0 spiro atoms. The van der Waals surface area contributed by atoms with Gasteiger partial charge in [-0.25, -0.2) is 18.1 Å². The van der Waals surface area contributed by atoms with Crippen LogP contribution in [0.5, 0.6) is 0 Å². The minimum Gasteiger partial charge on any atom is -0.384 e. The SMILES string of the molecule is Cc1cscc1CNS(=O)(=O)c1ccnc(N)c1. The van der Waals surface area contributed by atoms with E-state index in [-0.39, 0.29) is 17.3 Å². The lowest BCUT2D eigenvalue weighted by Crippen LogP contribution is -2.23. The van der Waals surface area contributed by atoms with Crippen molar-refractivity contribution in [2.24, 2.45) is 0 Å². The Hall–Kier alpha value is -1.44. The third kappa shape index (κ3) is 2.87. The van der Waals surface area contributed by atoms with E-state index < -0.39 is 10.0 Å². The molecule has 0 unspecified atom stereocenters. The van der Waals surface area contributed by atoms with E-state index in [1.54, 1.807) is 11.3 Å². The Balaban J connectivity index is 2.16. The van der Waals surface area contributed by atoms with Crippen LogP contribution in [0.1, 0.15) is 11.1 Å². The van der Waals surface area contributed by atoms with Gasteiger partial charge in [-0.2, -0.15) is 11.3 Å². The average Bonchev–Trinajstić information content (AvgIpc) is 2.72. The van der Waals surface area contributed by atoms with Crippen LogP contribution in [0.2, 0.25) is 0 Å². The van der Waals surface area contributed by atoms with Gasteiger partial charge in [0.05, 0.1) is 4.90 Å². The molecule has 5 nitrogen and oxygen atoms in total. The number of sulfonamides is 1. The highest BCUT2D eigenvalue weighted by Crippen LogP contribution is 2.15. The first kappa shape index (κ1) is 13.0. The maximum absolute atomic E-state index is 12.0. The van der Waals surface area contributed by atoms with Gasteiger partial charge in [-0.3, -0.25) is 0 Å². The number of rotatable bonds is 4. The fraction of sp³-hybridized carbons (Fsp3) is 0.182. The lowest BCUT2D eigenvalue weighted by atomic mass is 10.2. The topological polar surface area (TPSA) is 85.1 Å². The van der Waals surface area contributed by atoms with Gasteiger partial charge in [0, 0.05) is 18.8 Å². The second-order valence-corrected chi connectivity index (χ2v) is 6.33. The molecule has 0 aromatic carbocycles. The predicted octanol–water partition coefficient (Wildman–Crippen LogP) is 1.51. The van der Waals surface area contributed by atoms with Gasteiger partial charge in [-0.05, 0) is 34.9 Å². The number of hydrogen-bond donors (Lipinski definition) is 2. The monoisotopic (exact) mass is 283 g/mol. The molecule has 0 amide bonds. The molecule has 0 fully saturated rings. The largest absolute Gasteiger partial charge is 0.384 e. The summed E-state index contributed by atoms with van der Waals surface area (Å²) in [5.74, 6) is 0.185. The van der Waals surface area contributed by atoms with Crippen molar-refractivity contribution in [1.29, 1.82) is 0 Å². The molecule has 2 aromatic rings. The molecule has 3 N–H and O–H groups in total. The van der Waals surface area contributed by atoms with Crippen LogP contribution in [-0.2, 0) is 16.6 Å². The standard InChI is InChI=1S/C11H13N3O2S2/c1-8-6-17-7-9(8)5-14-18(15,16)10-2-3-13-11(12)4-10/h2-4,6-7,14H,5H2,1H3,(H2,12,13). The summed E-state index contributed by atoms with van der Waals surface area (Å²) in [6.45, 7) is 2.23. The molecule has 0 saturated carbocycles. The quantitative estimate of drug-likeness (QED) is 0.890. The summed E-state index contributed by atoms with van der Waals surface area (Å²) in [6, 6.07) is 2.75. The molecule has 0 radical (unpaired) electrons. The fourth-order valence-corrected chi connectivity index (χ4v) is 3.30. The van der Waals surface area contributed by atoms with Crippen molar-refractivity contribution < 1.29 is 8.42 Å². The molecule has 0 bridgehead atoms. The first-order chi connectivity index (χ1) is 8.49. The average molecular weight is 283 g/mol. The molecule has 18 heavy (non-hydrogen) atoms. The zero-order valence-corrected chi connectivity index (χ0v) is 11.4. The molecule has 0 atom stereocenters. The van der Waals surface area contributed by atoms with Crippen LogP contribution in [0.3, 0.4) is 0 Å². The second kappa shape index (κ2) is 5.05. The van der Waals surface area contributed by atoms with E-state index in [1.807, 2.05) is 17.7 Å². The first-order valence-corrected chi connectivity index (χ1v) is 7.64. The van der Waals surface area contributed by atoms with Gasteiger partial charge >= 0.3 is 0 Å². The van der Waals surface area contributed by atoms with Gasteiger partial charge in [-0.1, -0.05) is 0 Å². The lowest BCUT2D eigenvalue weighted by Gasteiger charge is -2.06. The Morgan fingerprint density at radius 3 is 2.83 bits per heavy atom. The van der Waals surface area contributed by atoms with E-state index in [1.165, 1.54) is 18.3 Å². The molecular formula is C11H13N3O2S2. The number of aryl methyl sites for hydroxylation is 1. The number of nitrogen functional groups attached to an aromatic ring is 1. The number of aromatic nitrogens is 1. The second-order valence-electron chi connectivity index (χ2n) is 3.82. The molecule has 2 rings (SSSR count). The van der Waals surface area contributed by atoms with Crippen molar-refractivity contribution in [3.05, 3.63) is 40.2 Å². The Morgan fingerprint density at radius 2 is 2.22 bits per heavy atom. The Morgan fingerprint density at radius 1 is 1.44 bits per heavy atom. The van der Waals surface area contributed by atoms with Gasteiger partial charge in [-0.15, -0.1) is 0 Å². The van der Waals surface area contributed by atoms with E-state index in [0.717, 1.165) is 11.1 Å². The van der Waals surface area contributed by atoms with E-state index in [9.17, 15) is 8.42 Å². The highest BCUT2D eigenvalue weighted by Gasteiger charge is 2.14. The summed E-state index contributed by atoms with van der Waals surface area (Å²) in [6.07, 6.45) is 1.37. The predicted molar refractivity (Wildman–Crippen MR) is 71.7 cm³/mol. The van der Waals surface area contributed by atoms with Crippen molar-refractivity contribution in [2.75, 3.05) is 5.73 Å². The van der Waals surface area contributed by atoms with Crippen LogP contribution in [0.4, 0.5) is 5.82 Å². The summed E-state index contributed by atoms with van der Waals surface area (Å²) in [7, 11) is -3.54. The van der Waals surface area contributed by atoms with Crippen LogP contribution < -0.4 is 10.5 Å². The molecular weight excluding hydrogens is 270 g/mol. The van der Waals surface area contributed by atoms with Crippen molar-refractivity contribution >= 4 is 27.2 Å². The molecule has 0 saturated heterocycles. The summed E-state index contributed by atoms with van der Waals surface area (Å²) >= 11 is 1.55. The van der Waals surface area contributed by atoms with Crippen LogP contribution in [-0.4, -0.2) is 13.4 Å². The van der Waals surface area contributed by atoms with Crippen LogP contribution in [0.25, 0.3) is 0 Å². The summed E-state index contributed by atoms with van der Waals surface area (Å²) < 4.78 is 26.5. The molecule has 96 valence electrons. The van der Waals surface area contributed by atoms with E-state index in [0.29, 0.717) is 0 Å². The first-order valence-electron chi connectivity index (χ1n) is 5.22. The Bertz CT molecular complexity index is 650. The minimum atomic E-state index is -3.54. The lowest BCUT2D eigenvalue weighted by molar-refractivity contribution is 0.581. The smallest absolute Gasteiger partial charge is 0.241 e. The third-order valence-electron chi connectivity index (χ3n) is 2.48. The number of pyridine rings is 1. The number of anilines is 1. The normalized spacial score (nSPS) is 11.6. The van der Waals surface area contributed by atoms with Crippen molar-refractivity contribution in [2.45, 2.75) is 18.4 Å². The zero-order valence-electron chi connectivity index (χ0n) is 9.75. The van der Waals surface area contributed by atoms with Crippen LogP contribution in [0, 0.1) is 6.92 Å². The highest BCUT2D eigenvalue weighted by atomic mass is 32.2. The molecule has 0 aliphatic carbocycles. The van der Waals surface area contributed by atoms with Crippen LogP contribution >= 0.6 is 11.3 Å². The molecule has 0 aliphatic heterocycles. The van der Waals surface area contributed by atoms with Gasteiger partial charge < -0.3 is 5.73 Å². The molecule has 2 heterocycles. The molecule has 0 aliphatic rings. The van der Waals surface area contributed by atoms with E-state index in [2.05, 4.69) is 9.71 Å². The number of nitrogens with one attached hydrogen (secondary N) is 1. The number of nitrogens with two attached hydrogens (primary N) is 1. The van der Waals surface area contributed by atoms with Gasteiger partial charge in [0.15, 0.2) is 0 Å². The van der Waals surface area contributed by atoms with E-state index >= 15 is 0 Å². The van der Waals surface area contributed by atoms with Crippen molar-refractivity contribution in [1.82, 2.24) is 9.71 Å². The Labute approximate surface area is 110 Å². The third-order valence-corrected chi connectivity index (χ3v) is 4.79. The van der Waals surface area contributed by atoms with Gasteiger partial charge in [0.25, 0.3) is 0 Å². The summed E-state index contributed by atoms with van der Waals surface area (Å²) in [5, 5.41) is 3.91. The minimum absolute atomic E-state index is 0.128. The number of hydrogen-bond acceptors (Lipinski definition) is 5. The number of thiophene rings is 1. The maximum Gasteiger partial charge on any atom is 0.241 e. The zero-order chi connectivity index (χ0) is 13.2. The Kier molecular flexibility index (Phi) is 3.65. The number of nitrogens with zero attached hydrogens (tertiary/aromatic N) is 1. The van der Waals surface area contributed by atoms with E-state index in [4.69, 9.17) is 5.73 Å². The fourth-order valence-electron chi connectivity index (χ4n) is 1.42. The summed E-state index contributed by atoms with van der Waals surface area (Å²) in [4.78, 5) is 3.89. The van der Waals surface area contributed by atoms with Crippen LogP contribution in [0.15, 0.2) is 34.0 Å². The van der Waals surface area contributed by atoms with Gasteiger partial charge in [0.1, 0.15) is 5.82 Å². The highest BCUT2D eigenvalue weighted by molar-refractivity contribution is 7.89. The van der Waals surface area contributed by atoms with Crippen molar-refractivity contribution in [3.8, 4) is 0 Å². The maximum atomic E-state index is 12.0. The van der Waals surface area contributed by atoms with Crippen molar-refractivity contribution in [3.63, 3.8) is 0 Å². The molecule has 7 heteroatoms. The molecule has 2 aromatic heterocycles.